The monoisotopic (exact) mass is 234 g/mol. The van der Waals surface area contributed by atoms with Crippen molar-refractivity contribution in [1.82, 2.24) is 0 Å². The summed E-state index contributed by atoms with van der Waals surface area (Å²) in [5.74, 6) is 5.63. The van der Waals surface area contributed by atoms with Crippen LogP contribution in [-0.2, 0) is 10.4 Å². The third kappa shape index (κ3) is 9.16. The predicted octanol–water partition coefficient (Wildman–Crippen LogP) is 0.734. The Balaban J connectivity index is 0.000000336. The number of rotatable bonds is 2. The molecule has 0 spiro atoms. The molecule has 0 aliphatic carbocycles. The van der Waals surface area contributed by atoms with Crippen molar-refractivity contribution in [3.05, 3.63) is 30.3 Å². The van der Waals surface area contributed by atoms with Crippen LogP contribution < -0.4 is 10.9 Å². The summed E-state index contributed by atoms with van der Waals surface area (Å²) < 4.78 is 31.6. The van der Waals surface area contributed by atoms with Gasteiger partial charge in [-0.05, 0) is 19.1 Å². The molecular weight excluding hydrogens is 220 g/mol. The number of anilines is 1. The van der Waals surface area contributed by atoms with Crippen molar-refractivity contribution in [3.8, 4) is 0 Å². The number of nitrogens with zero attached hydrogens (tertiary/aromatic N) is 1. The van der Waals surface area contributed by atoms with Gasteiger partial charge in [-0.15, -0.1) is 0 Å². The number of hydrogen-bond acceptors (Lipinski definition) is 4. The Morgan fingerprint density at radius 1 is 1.27 bits per heavy atom. The van der Waals surface area contributed by atoms with Crippen molar-refractivity contribution in [2.24, 2.45) is 5.84 Å². The summed E-state index contributed by atoms with van der Waals surface area (Å²) in [5, 5.41) is 1.71. The van der Waals surface area contributed by atoms with Crippen LogP contribution in [0.2, 0.25) is 0 Å². The lowest BCUT2D eigenvalue weighted by atomic mass is 10.3. The third-order valence-electron chi connectivity index (χ3n) is 1.43. The van der Waals surface area contributed by atoms with Gasteiger partial charge in [0.2, 0.25) is 0 Å². The minimum Gasteiger partial charge on any atom is -0.311 e. The van der Waals surface area contributed by atoms with E-state index in [-0.39, 0.29) is 0 Å². The molecule has 0 aliphatic heterocycles. The first kappa shape index (κ1) is 13.8. The van der Waals surface area contributed by atoms with Gasteiger partial charge < -0.3 is 5.01 Å². The van der Waals surface area contributed by atoms with Gasteiger partial charge in [-0.25, -0.2) is 5.84 Å². The van der Waals surface area contributed by atoms with Crippen molar-refractivity contribution in [3.63, 3.8) is 0 Å². The summed E-state index contributed by atoms with van der Waals surface area (Å²) in [6, 6.07) is 9.91. The van der Waals surface area contributed by atoms with Gasteiger partial charge in [0.15, 0.2) is 0 Å². The highest BCUT2D eigenvalue weighted by Gasteiger charge is 1.93. The molecule has 0 amide bonds. The molecule has 1 rings (SSSR count). The molecular formula is C8H14N2O4S. The molecule has 0 aliphatic rings. The summed E-state index contributed by atoms with van der Waals surface area (Å²) in [4.78, 5) is 0. The molecule has 0 unspecified atom stereocenters. The van der Waals surface area contributed by atoms with Gasteiger partial charge >= 0.3 is 10.4 Å². The second-order valence-electron chi connectivity index (χ2n) is 2.57. The number of hydrazine groups is 1. The first-order valence-electron chi connectivity index (χ1n) is 4.11. The molecule has 0 radical (unpaired) electrons. The molecule has 1 aromatic carbocycles. The number of nitrogens with two attached hydrogens (primary N) is 1. The van der Waals surface area contributed by atoms with Crippen molar-refractivity contribution < 1.29 is 17.5 Å². The maximum Gasteiger partial charge on any atom is 0.394 e. The maximum atomic E-state index is 8.74. The Hall–Kier alpha value is -1.15. The van der Waals surface area contributed by atoms with E-state index >= 15 is 0 Å². The third-order valence-corrected chi connectivity index (χ3v) is 1.43. The van der Waals surface area contributed by atoms with Crippen LogP contribution in [0.25, 0.3) is 0 Å². The fraction of sp³-hybridized carbons (Fsp3) is 0.250. The molecule has 6 nitrogen and oxygen atoms in total. The Morgan fingerprint density at radius 2 is 1.67 bits per heavy atom. The lowest BCUT2D eigenvalue weighted by molar-refractivity contribution is 0.381. The van der Waals surface area contributed by atoms with Gasteiger partial charge in [-0.2, -0.15) is 8.42 Å². The van der Waals surface area contributed by atoms with E-state index in [4.69, 9.17) is 23.4 Å². The van der Waals surface area contributed by atoms with Crippen LogP contribution in [-0.4, -0.2) is 24.1 Å². The fourth-order valence-electron chi connectivity index (χ4n) is 0.802. The molecule has 0 saturated heterocycles. The van der Waals surface area contributed by atoms with Gasteiger partial charge in [0, 0.05) is 6.54 Å². The standard InChI is InChI=1S/C8H12N2.H2O4S/c1-2-10(9)8-6-4-3-5-7-8;1-5(2,3)4/h3-7H,2,9H2,1H3;(H2,1,2,3,4). The highest BCUT2D eigenvalue weighted by molar-refractivity contribution is 7.79. The molecule has 7 heteroatoms. The van der Waals surface area contributed by atoms with Crippen LogP contribution in [0.5, 0.6) is 0 Å². The first-order valence-corrected chi connectivity index (χ1v) is 5.51. The summed E-state index contributed by atoms with van der Waals surface area (Å²) >= 11 is 0. The van der Waals surface area contributed by atoms with Crippen LogP contribution >= 0.6 is 0 Å². The smallest absolute Gasteiger partial charge is 0.311 e. The minimum atomic E-state index is -4.67. The van der Waals surface area contributed by atoms with Crippen molar-refractivity contribution in [2.75, 3.05) is 11.6 Å². The summed E-state index contributed by atoms with van der Waals surface area (Å²) in [6.45, 7) is 2.86. The average Bonchev–Trinajstić information content (AvgIpc) is 2.15. The van der Waals surface area contributed by atoms with Crippen molar-refractivity contribution in [2.45, 2.75) is 6.92 Å². The van der Waals surface area contributed by atoms with E-state index in [1.165, 1.54) is 0 Å². The molecule has 0 bridgehead atoms. The molecule has 86 valence electrons. The van der Waals surface area contributed by atoms with E-state index in [0.29, 0.717) is 0 Å². The van der Waals surface area contributed by atoms with Gasteiger partial charge in [0.25, 0.3) is 0 Å². The van der Waals surface area contributed by atoms with Crippen LogP contribution in [0.1, 0.15) is 6.92 Å². The normalized spacial score (nSPS) is 10.1. The topological polar surface area (TPSA) is 104 Å². The summed E-state index contributed by atoms with van der Waals surface area (Å²) in [7, 11) is -4.67. The minimum absolute atomic E-state index is 0.837. The van der Waals surface area contributed by atoms with E-state index in [2.05, 4.69) is 0 Å². The maximum absolute atomic E-state index is 8.74. The van der Waals surface area contributed by atoms with Crippen LogP contribution in [0.4, 0.5) is 5.69 Å². The Bertz CT molecular complexity index is 357. The summed E-state index contributed by atoms with van der Waals surface area (Å²) in [5.41, 5.74) is 1.06. The zero-order chi connectivity index (χ0) is 11.9. The second-order valence-corrected chi connectivity index (χ2v) is 3.47. The van der Waals surface area contributed by atoms with E-state index in [9.17, 15) is 0 Å². The van der Waals surface area contributed by atoms with Crippen LogP contribution in [0.3, 0.4) is 0 Å². The molecule has 0 heterocycles. The first-order chi connectivity index (χ1) is 6.84. The number of hydrogen-bond donors (Lipinski definition) is 3. The quantitative estimate of drug-likeness (QED) is 0.396. The zero-order valence-corrected chi connectivity index (χ0v) is 9.05. The second kappa shape index (κ2) is 6.36. The molecule has 0 atom stereocenters. The largest absolute Gasteiger partial charge is 0.394 e. The van der Waals surface area contributed by atoms with E-state index < -0.39 is 10.4 Å². The molecule has 1 aromatic rings. The SMILES string of the molecule is CCN(N)c1ccccc1.O=S(=O)(O)O. The molecule has 0 aromatic heterocycles. The highest BCUT2D eigenvalue weighted by atomic mass is 32.3. The van der Waals surface area contributed by atoms with Gasteiger partial charge in [-0.1, -0.05) is 18.2 Å². The fourth-order valence-corrected chi connectivity index (χ4v) is 0.802. The van der Waals surface area contributed by atoms with E-state index in [1.807, 2.05) is 37.3 Å². The van der Waals surface area contributed by atoms with Crippen LogP contribution in [0, 0.1) is 0 Å². The zero-order valence-electron chi connectivity index (χ0n) is 8.24. The molecule has 0 saturated carbocycles. The highest BCUT2D eigenvalue weighted by Crippen LogP contribution is 2.07. The van der Waals surface area contributed by atoms with Gasteiger partial charge in [-0.3, -0.25) is 9.11 Å². The van der Waals surface area contributed by atoms with Crippen molar-refractivity contribution >= 4 is 16.1 Å². The molecule has 0 fully saturated rings. The lowest BCUT2D eigenvalue weighted by Crippen LogP contribution is -2.29. The molecule has 4 N–H and O–H groups in total. The Labute approximate surface area is 88.9 Å². The predicted molar refractivity (Wildman–Crippen MR) is 57.8 cm³/mol. The average molecular weight is 234 g/mol. The van der Waals surface area contributed by atoms with Crippen LogP contribution in [0.15, 0.2) is 30.3 Å². The molecule has 15 heavy (non-hydrogen) atoms. The lowest BCUT2D eigenvalue weighted by Gasteiger charge is -2.14. The van der Waals surface area contributed by atoms with Gasteiger partial charge in [0.1, 0.15) is 0 Å². The van der Waals surface area contributed by atoms with Crippen molar-refractivity contribution in [1.29, 1.82) is 0 Å². The van der Waals surface area contributed by atoms with Gasteiger partial charge in [0.05, 0.1) is 5.69 Å². The number of benzene rings is 1. The van der Waals surface area contributed by atoms with E-state index in [1.54, 1.807) is 5.01 Å². The Morgan fingerprint density at radius 3 is 2.00 bits per heavy atom. The Kier molecular flexibility index (Phi) is 5.87. The number of para-hydroxylation sites is 1. The van der Waals surface area contributed by atoms with E-state index in [0.717, 1.165) is 12.2 Å². The summed E-state index contributed by atoms with van der Waals surface area (Å²) in [6.07, 6.45) is 0.